The third kappa shape index (κ3) is 5.72. The van der Waals surface area contributed by atoms with Crippen LogP contribution in [0.1, 0.15) is 28.4 Å². The first-order valence-corrected chi connectivity index (χ1v) is 7.97. The summed E-state index contributed by atoms with van der Waals surface area (Å²) in [5.41, 5.74) is 1.19. The standard InChI is InChI=1S/C18H22N2O5/c1-23-11-10-20(12-16-19-15(13-25-16)18(22)24-2)17(21)9-8-14-6-4-3-5-7-14/h3-7,13H,8-12H2,1-2H3. The maximum absolute atomic E-state index is 12.5. The quantitative estimate of drug-likeness (QED) is 0.647. The highest BCUT2D eigenvalue weighted by Gasteiger charge is 2.18. The van der Waals surface area contributed by atoms with Gasteiger partial charge in [0.2, 0.25) is 11.8 Å². The van der Waals surface area contributed by atoms with E-state index < -0.39 is 5.97 Å². The Labute approximate surface area is 146 Å². The van der Waals surface area contributed by atoms with Crippen molar-refractivity contribution < 1.29 is 23.5 Å². The molecule has 0 bridgehead atoms. The number of carbonyl (C=O) groups excluding carboxylic acids is 2. The zero-order chi connectivity index (χ0) is 18.1. The van der Waals surface area contributed by atoms with Crippen molar-refractivity contribution in [3.8, 4) is 0 Å². The highest BCUT2D eigenvalue weighted by Crippen LogP contribution is 2.10. The number of methoxy groups -OCH3 is 2. The fraction of sp³-hybridized carbons (Fsp3) is 0.389. The molecular weight excluding hydrogens is 324 g/mol. The molecule has 0 N–H and O–H groups in total. The summed E-state index contributed by atoms with van der Waals surface area (Å²) in [4.78, 5) is 29.6. The summed E-state index contributed by atoms with van der Waals surface area (Å²) in [6.45, 7) is 0.996. The van der Waals surface area contributed by atoms with Crippen molar-refractivity contribution in [2.75, 3.05) is 27.4 Å². The van der Waals surface area contributed by atoms with Crippen LogP contribution in [-0.4, -0.2) is 49.1 Å². The number of amides is 1. The smallest absolute Gasteiger partial charge is 0.360 e. The van der Waals surface area contributed by atoms with Crippen LogP contribution in [0.15, 0.2) is 41.0 Å². The lowest BCUT2D eigenvalue weighted by Gasteiger charge is -2.20. The molecule has 0 unspecified atom stereocenters. The van der Waals surface area contributed by atoms with Crippen LogP contribution in [0.2, 0.25) is 0 Å². The summed E-state index contributed by atoms with van der Waals surface area (Å²) >= 11 is 0. The Balaban J connectivity index is 1.98. The molecule has 0 spiro atoms. The average molecular weight is 346 g/mol. The van der Waals surface area contributed by atoms with E-state index in [2.05, 4.69) is 9.72 Å². The van der Waals surface area contributed by atoms with E-state index in [1.807, 2.05) is 30.3 Å². The Hall–Kier alpha value is -2.67. The first-order valence-electron chi connectivity index (χ1n) is 7.97. The van der Waals surface area contributed by atoms with Gasteiger partial charge in [0.1, 0.15) is 6.26 Å². The minimum Gasteiger partial charge on any atom is -0.464 e. The molecule has 1 amide bonds. The largest absolute Gasteiger partial charge is 0.464 e. The van der Waals surface area contributed by atoms with Crippen molar-refractivity contribution in [3.63, 3.8) is 0 Å². The number of esters is 1. The van der Waals surface area contributed by atoms with E-state index in [1.165, 1.54) is 13.4 Å². The first kappa shape index (κ1) is 18.7. The minimum absolute atomic E-state index is 0.0290. The highest BCUT2D eigenvalue weighted by molar-refractivity contribution is 5.86. The van der Waals surface area contributed by atoms with Gasteiger partial charge < -0.3 is 18.8 Å². The van der Waals surface area contributed by atoms with Gasteiger partial charge in [0, 0.05) is 20.1 Å². The SMILES string of the molecule is COCCN(Cc1nc(C(=O)OC)co1)C(=O)CCc1ccccc1. The predicted molar refractivity (Wildman–Crippen MR) is 89.9 cm³/mol. The van der Waals surface area contributed by atoms with Crippen LogP contribution in [0.3, 0.4) is 0 Å². The summed E-state index contributed by atoms with van der Waals surface area (Å²) in [6, 6.07) is 9.82. The third-order valence-corrected chi connectivity index (χ3v) is 3.66. The molecule has 1 heterocycles. The monoisotopic (exact) mass is 346 g/mol. The number of carbonyl (C=O) groups is 2. The van der Waals surface area contributed by atoms with E-state index in [9.17, 15) is 9.59 Å². The molecule has 2 aromatic rings. The second-order valence-electron chi connectivity index (χ2n) is 5.41. The second-order valence-corrected chi connectivity index (χ2v) is 5.41. The van der Waals surface area contributed by atoms with Gasteiger partial charge in [0.15, 0.2) is 5.69 Å². The molecule has 0 aliphatic heterocycles. The summed E-state index contributed by atoms with van der Waals surface area (Å²) in [6.07, 6.45) is 2.25. The third-order valence-electron chi connectivity index (χ3n) is 3.66. The molecule has 0 aliphatic carbocycles. The highest BCUT2D eigenvalue weighted by atomic mass is 16.5. The van der Waals surface area contributed by atoms with E-state index in [0.717, 1.165) is 5.56 Å². The molecule has 2 rings (SSSR count). The lowest BCUT2D eigenvalue weighted by molar-refractivity contribution is -0.132. The number of hydrogen-bond acceptors (Lipinski definition) is 6. The van der Waals surface area contributed by atoms with Crippen LogP contribution in [0.4, 0.5) is 0 Å². The number of benzene rings is 1. The van der Waals surface area contributed by atoms with Crippen molar-refractivity contribution in [1.82, 2.24) is 9.88 Å². The van der Waals surface area contributed by atoms with E-state index in [4.69, 9.17) is 9.15 Å². The Morgan fingerprint density at radius 1 is 1.20 bits per heavy atom. The van der Waals surface area contributed by atoms with Crippen molar-refractivity contribution >= 4 is 11.9 Å². The molecule has 25 heavy (non-hydrogen) atoms. The minimum atomic E-state index is -0.575. The van der Waals surface area contributed by atoms with E-state index in [0.29, 0.717) is 26.0 Å². The number of oxazole rings is 1. The molecule has 0 saturated carbocycles. The molecule has 0 radical (unpaired) electrons. The Bertz CT molecular complexity index is 684. The molecule has 7 nitrogen and oxygen atoms in total. The van der Waals surface area contributed by atoms with E-state index >= 15 is 0 Å². The molecule has 134 valence electrons. The van der Waals surface area contributed by atoms with E-state index in [-0.39, 0.29) is 24.0 Å². The average Bonchev–Trinajstić information content (AvgIpc) is 3.12. The zero-order valence-corrected chi connectivity index (χ0v) is 14.4. The molecule has 7 heteroatoms. The summed E-state index contributed by atoms with van der Waals surface area (Å²) in [7, 11) is 2.85. The van der Waals surface area contributed by atoms with Crippen LogP contribution in [0.5, 0.6) is 0 Å². The lowest BCUT2D eigenvalue weighted by Crippen LogP contribution is -2.33. The summed E-state index contributed by atoms with van der Waals surface area (Å²) < 4.78 is 14.9. The maximum Gasteiger partial charge on any atom is 0.360 e. The lowest BCUT2D eigenvalue weighted by atomic mass is 10.1. The first-order chi connectivity index (χ1) is 12.1. The number of aryl methyl sites for hydroxylation is 1. The number of hydrogen-bond donors (Lipinski definition) is 0. The van der Waals surface area contributed by atoms with Crippen LogP contribution in [0, 0.1) is 0 Å². The van der Waals surface area contributed by atoms with Crippen LogP contribution >= 0.6 is 0 Å². The number of aromatic nitrogens is 1. The van der Waals surface area contributed by atoms with Gasteiger partial charge in [-0.25, -0.2) is 9.78 Å². The molecule has 0 saturated heterocycles. The maximum atomic E-state index is 12.5. The molecule has 0 aliphatic rings. The van der Waals surface area contributed by atoms with Crippen LogP contribution in [0.25, 0.3) is 0 Å². The van der Waals surface area contributed by atoms with Crippen LogP contribution in [-0.2, 0) is 27.2 Å². The number of ether oxygens (including phenoxy) is 2. The van der Waals surface area contributed by atoms with Crippen LogP contribution < -0.4 is 0 Å². The Kier molecular flexibility index (Phi) is 7.16. The van der Waals surface area contributed by atoms with Gasteiger partial charge in [-0.3, -0.25) is 4.79 Å². The van der Waals surface area contributed by atoms with Gasteiger partial charge in [-0.2, -0.15) is 0 Å². The molecule has 0 fully saturated rings. The van der Waals surface area contributed by atoms with Gasteiger partial charge in [-0.05, 0) is 12.0 Å². The fourth-order valence-corrected chi connectivity index (χ4v) is 2.29. The molecule has 0 atom stereocenters. The van der Waals surface area contributed by atoms with E-state index in [1.54, 1.807) is 12.0 Å². The predicted octanol–water partition coefficient (Wildman–Crippen LogP) is 2.07. The number of nitrogens with zero attached hydrogens (tertiary/aromatic N) is 2. The molecular formula is C18H22N2O5. The van der Waals surface area contributed by atoms with Gasteiger partial charge in [-0.15, -0.1) is 0 Å². The van der Waals surface area contributed by atoms with Crippen molar-refractivity contribution in [3.05, 3.63) is 53.7 Å². The molecule has 1 aromatic carbocycles. The Morgan fingerprint density at radius 2 is 1.96 bits per heavy atom. The van der Waals surface area contributed by atoms with Crippen molar-refractivity contribution in [1.29, 1.82) is 0 Å². The second kappa shape index (κ2) is 9.58. The summed E-state index contributed by atoms with van der Waals surface area (Å²) in [5.74, 6) is -0.322. The summed E-state index contributed by atoms with van der Waals surface area (Å²) in [5, 5.41) is 0. The fourth-order valence-electron chi connectivity index (χ4n) is 2.29. The molecule has 1 aromatic heterocycles. The van der Waals surface area contributed by atoms with Crippen molar-refractivity contribution in [2.45, 2.75) is 19.4 Å². The van der Waals surface area contributed by atoms with Crippen molar-refractivity contribution in [2.24, 2.45) is 0 Å². The topological polar surface area (TPSA) is 81.9 Å². The van der Waals surface area contributed by atoms with Gasteiger partial charge in [0.05, 0.1) is 20.3 Å². The zero-order valence-electron chi connectivity index (χ0n) is 14.4. The van der Waals surface area contributed by atoms with Gasteiger partial charge in [0.25, 0.3) is 0 Å². The van der Waals surface area contributed by atoms with Gasteiger partial charge >= 0.3 is 5.97 Å². The Morgan fingerprint density at radius 3 is 2.64 bits per heavy atom. The number of rotatable bonds is 9. The normalized spacial score (nSPS) is 10.5. The van der Waals surface area contributed by atoms with Gasteiger partial charge in [-0.1, -0.05) is 30.3 Å².